The quantitative estimate of drug-likeness (QED) is 0.543. The molecule has 2 aromatic rings. The molecule has 0 N–H and O–H groups in total. The number of likely N-dealkylation sites (N-methyl/N-ethyl adjacent to an activating group) is 1. The van der Waals surface area contributed by atoms with E-state index in [4.69, 9.17) is 25.8 Å². The summed E-state index contributed by atoms with van der Waals surface area (Å²) >= 11 is 5.84. The van der Waals surface area contributed by atoms with Gasteiger partial charge in [0.25, 0.3) is 0 Å². The topological polar surface area (TPSA) is 65.1 Å². The van der Waals surface area contributed by atoms with Gasteiger partial charge in [0.05, 0.1) is 13.7 Å². The van der Waals surface area contributed by atoms with Gasteiger partial charge in [0, 0.05) is 24.7 Å². The SMILES string of the molecule is COC(=O)c1cc(N(C)CCOc2ccc(Cl)cc2)ccc1OC(C)=O. The molecule has 0 saturated heterocycles. The third-order valence-electron chi connectivity index (χ3n) is 3.57. The Bertz CT molecular complexity index is 776. The Morgan fingerprint density at radius 1 is 1.12 bits per heavy atom. The Balaban J connectivity index is 2.05. The highest BCUT2D eigenvalue weighted by Gasteiger charge is 2.17. The molecular weight excluding hydrogens is 358 g/mol. The summed E-state index contributed by atoms with van der Waals surface area (Å²) in [4.78, 5) is 25.0. The molecule has 0 fully saturated rings. The molecule has 0 radical (unpaired) electrons. The van der Waals surface area contributed by atoms with Gasteiger partial charge >= 0.3 is 11.9 Å². The van der Waals surface area contributed by atoms with Crippen molar-refractivity contribution in [1.82, 2.24) is 0 Å². The number of carbonyl (C=O) groups is 2. The highest BCUT2D eigenvalue weighted by Crippen LogP contribution is 2.26. The Morgan fingerprint density at radius 2 is 1.81 bits per heavy atom. The van der Waals surface area contributed by atoms with Crippen molar-refractivity contribution in [3.8, 4) is 11.5 Å². The summed E-state index contributed by atoms with van der Waals surface area (Å²) in [6.07, 6.45) is 0. The molecule has 6 nitrogen and oxygen atoms in total. The van der Waals surface area contributed by atoms with Gasteiger partial charge in [-0.15, -0.1) is 0 Å². The number of esters is 2. The highest BCUT2D eigenvalue weighted by atomic mass is 35.5. The summed E-state index contributed by atoms with van der Waals surface area (Å²) in [5, 5.41) is 0.651. The van der Waals surface area contributed by atoms with Crippen molar-refractivity contribution in [2.45, 2.75) is 6.92 Å². The van der Waals surface area contributed by atoms with Gasteiger partial charge in [0.1, 0.15) is 23.7 Å². The maximum Gasteiger partial charge on any atom is 0.341 e. The molecule has 0 aliphatic heterocycles. The molecule has 0 spiro atoms. The predicted octanol–water partition coefficient (Wildman–Crippen LogP) is 3.57. The van der Waals surface area contributed by atoms with E-state index in [9.17, 15) is 9.59 Å². The van der Waals surface area contributed by atoms with Crippen LogP contribution >= 0.6 is 11.6 Å². The van der Waals surface area contributed by atoms with Crippen LogP contribution in [-0.4, -0.2) is 39.2 Å². The second-order valence-corrected chi connectivity index (χ2v) is 5.93. The van der Waals surface area contributed by atoms with Crippen molar-refractivity contribution in [3.05, 3.63) is 53.1 Å². The molecule has 0 unspecified atom stereocenters. The van der Waals surface area contributed by atoms with Gasteiger partial charge in [0.15, 0.2) is 0 Å². The van der Waals surface area contributed by atoms with E-state index < -0.39 is 11.9 Å². The number of hydrogen-bond acceptors (Lipinski definition) is 6. The fourth-order valence-electron chi connectivity index (χ4n) is 2.23. The van der Waals surface area contributed by atoms with Crippen molar-refractivity contribution in [2.75, 3.05) is 32.2 Å². The molecule has 2 aromatic carbocycles. The standard InChI is InChI=1S/C19H20ClNO5/c1-13(22)26-18-9-6-15(12-17(18)19(23)24-3)21(2)10-11-25-16-7-4-14(20)5-8-16/h4-9,12H,10-11H2,1-3H3. The highest BCUT2D eigenvalue weighted by molar-refractivity contribution is 6.30. The molecule has 0 bridgehead atoms. The van der Waals surface area contributed by atoms with E-state index in [1.165, 1.54) is 14.0 Å². The number of ether oxygens (including phenoxy) is 3. The minimum Gasteiger partial charge on any atom is -0.492 e. The van der Waals surface area contributed by atoms with Crippen LogP contribution in [0.5, 0.6) is 11.5 Å². The maximum atomic E-state index is 11.9. The summed E-state index contributed by atoms with van der Waals surface area (Å²) in [7, 11) is 3.14. The molecule has 7 heteroatoms. The fraction of sp³-hybridized carbons (Fsp3) is 0.263. The van der Waals surface area contributed by atoms with Crippen LogP contribution in [0.15, 0.2) is 42.5 Å². The zero-order valence-electron chi connectivity index (χ0n) is 14.8. The lowest BCUT2D eigenvalue weighted by molar-refractivity contribution is -0.131. The molecule has 0 aliphatic carbocycles. The average molecular weight is 378 g/mol. The summed E-state index contributed by atoms with van der Waals surface area (Å²) < 4.78 is 15.5. The van der Waals surface area contributed by atoms with Crippen LogP contribution in [0.4, 0.5) is 5.69 Å². The van der Waals surface area contributed by atoms with E-state index in [0.717, 1.165) is 11.4 Å². The number of hydrogen-bond donors (Lipinski definition) is 0. The monoisotopic (exact) mass is 377 g/mol. The van der Waals surface area contributed by atoms with Crippen LogP contribution < -0.4 is 14.4 Å². The van der Waals surface area contributed by atoms with Gasteiger partial charge in [-0.1, -0.05) is 11.6 Å². The first-order valence-electron chi connectivity index (χ1n) is 7.91. The van der Waals surface area contributed by atoms with Crippen LogP contribution in [-0.2, 0) is 9.53 Å². The summed E-state index contributed by atoms with van der Waals surface area (Å²) in [6, 6.07) is 12.1. The van der Waals surface area contributed by atoms with E-state index in [-0.39, 0.29) is 11.3 Å². The van der Waals surface area contributed by atoms with Crippen LogP contribution in [0, 0.1) is 0 Å². The number of methoxy groups -OCH3 is 1. The summed E-state index contributed by atoms with van der Waals surface area (Å²) in [5.74, 6) is -0.191. The van der Waals surface area contributed by atoms with Gasteiger partial charge in [-0.25, -0.2) is 4.79 Å². The molecular formula is C19H20ClNO5. The predicted molar refractivity (Wildman–Crippen MR) is 99.3 cm³/mol. The first-order chi connectivity index (χ1) is 12.4. The fourth-order valence-corrected chi connectivity index (χ4v) is 2.36. The molecule has 0 aliphatic rings. The summed E-state index contributed by atoms with van der Waals surface area (Å²) in [6.45, 7) is 2.29. The number of rotatable bonds is 7. The second kappa shape index (κ2) is 9.10. The van der Waals surface area contributed by atoms with E-state index in [2.05, 4.69) is 0 Å². The normalized spacial score (nSPS) is 10.2. The molecule has 0 heterocycles. The lowest BCUT2D eigenvalue weighted by atomic mass is 10.1. The minimum atomic E-state index is -0.575. The first kappa shape index (κ1) is 19.6. The largest absolute Gasteiger partial charge is 0.492 e. The van der Waals surface area contributed by atoms with E-state index in [0.29, 0.717) is 18.2 Å². The minimum absolute atomic E-state index is 0.166. The molecule has 0 atom stereocenters. The smallest absolute Gasteiger partial charge is 0.341 e. The van der Waals surface area contributed by atoms with Crippen molar-refractivity contribution >= 4 is 29.2 Å². The third kappa shape index (κ3) is 5.39. The third-order valence-corrected chi connectivity index (χ3v) is 3.82. The van der Waals surface area contributed by atoms with Gasteiger partial charge in [-0.2, -0.15) is 0 Å². The average Bonchev–Trinajstić information content (AvgIpc) is 2.62. The van der Waals surface area contributed by atoms with Crippen LogP contribution in [0.2, 0.25) is 5.02 Å². The molecule has 0 amide bonds. The van der Waals surface area contributed by atoms with Crippen molar-refractivity contribution in [3.63, 3.8) is 0 Å². The number of halogens is 1. The number of anilines is 1. The van der Waals surface area contributed by atoms with Crippen LogP contribution in [0.25, 0.3) is 0 Å². The molecule has 26 heavy (non-hydrogen) atoms. The molecule has 2 rings (SSSR count). The number of carbonyl (C=O) groups excluding carboxylic acids is 2. The Kier molecular flexibility index (Phi) is 6.86. The van der Waals surface area contributed by atoms with Gasteiger partial charge in [0.2, 0.25) is 0 Å². The second-order valence-electron chi connectivity index (χ2n) is 5.49. The lowest BCUT2D eigenvalue weighted by Crippen LogP contribution is -2.24. The summed E-state index contributed by atoms with van der Waals surface area (Å²) in [5.41, 5.74) is 0.951. The number of benzene rings is 2. The first-order valence-corrected chi connectivity index (χ1v) is 8.29. The molecule has 0 aromatic heterocycles. The van der Waals surface area contributed by atoms with E-state index in [1.54, 1.807) is 42.5 Å². The van der Waals surface area contributed by atoms with Crippen molar-refractivity contribution < 1.29 is 23.8 Å². The Morgan fingerprint density at radius 3 is 2.42 bits per heavy atom. The molecule has 138 valence electrons. The maximum absolute atomic E-state index is 11.9. The van der Waals surface area contributed by atoms with E-state index >= 15 is 0 Å². The van der Waals surface area contributed by atoms with Gasteiger partial charge < -0.3 is 19.1 Å². The van der Waals surface area contributed by atoms with Crippen LogP contribution in [0.1, 0.15) is 17.3 Å². The molecule has 0 saturated carbocycles. The zero-order valence-corrected chi connectivity index (χ0v) is 15.6. The van der Waals surface area contributed by atoms with Gasteiger partial charge in [-0.05, 0) is 42.5 Å². The van der Waals surface area contributed by atoms with Crippen LogP contribution in [0.3, 0.4) is 0 Å². The Hall–Kier alpha value is -2.73. The van der Waals surface area contributed by atoms with E-state index in [1.807, 2.05) is 11.9 Å². The van der Waals surface area contributed by atoms with Gasteiger partial charge in [-0.3, -0.25) is 4.79 Å². The number of nitrogens with zero attached hydrogens (tertiary/aromatic N) is 1. The van der Waals surface area contributed by atoms with Crippen molar-refractivity contribution in [1.29, 1.82) is 0 Å². The zero-order chi connectivity index (χ0) is 19.1. The van der Waals surface area contributed by atoms with Crippen molar-refractivity contribution in [2.24, 2.45) is 0 Å². The Labute approximate surface area is 157 Å². The lowest BCUT2D eigenvalue weighted by Gasteiger charge is -2.21.